The molecule has 1 saturated carbocycles. The molecule has 2 heteroatoms. The Balaban J connectivity index is 2.32. The molecule has 1 fully saturated rings. The molecule has 0 aromatic heterocycles. The van der Waals surface area contributed by atoms with Gasteiger partial charge in [-0.1, -0.05) is 65.7 Å². The van der Waals surface area contributed by atoms with Crippen LogP contribution in [0.3, 0.4) is 0 Å². The van der Waals surface area contributed by atoms with E-state index in [2.05, 4.69) is 26.1 Å². The molecule has 1 rings (SSSR count). The summed E-state index contributed by atoms with van der Waals surface area (Å²) in [6.07, 6.45) is 13.6. The van der Waals surface area contributed by atoms with E-state index in [4.69, 9.17) is 5.73 Å². The smallest absolute Gasteiger partial charge is 0.00201 e. The lowest BCUT2D eigenvalue weighted by Gasteiger charge is -2.34. The maximum absolute atomic E-state index is 6.12. The molecular weight excluding hydrogens is 244 g/mol. The van der Waals surface area contributed by atoms with Gasteiger partial charge in [0.25, 0.3) is 0 Å². The zero-order valence-electron chi connectivity index (χ0n) is 14.3. The SMILES string of the molecule is CCCCCC(C)(C)CNCC1(CN)CCCCCC1. The molecule has 0 unspecified atom stereocenters. The van der Waals surface area contributed by atoms with E-state index < -0.39 is 0 Å². The minimum absolute atomic E-state index is 0.385. The first-order chi connectivity index (χ1) is 9.54. The number of nitrogens with two attached hydrogens (primary N) is 1. The van der Waals surface area contributed by atoms with E-state index in [1.165, 1.54) is 64.2 Å². The van der Waals surface area contributed by atoms with E-state index >= 15 is 0 Å². The van der Waals surface area contributed by atoms with Crippen LogP contribution in [0.4, 0.5) is 0 Å². The van der Waals surface area contributed by atoms with Crippen LogP contribution in [0.15, 0.2) is 0 Å². The highest BCUT2D eigenvalue weighted by atomic mass is 14.9. The van der Waals surface area contributed by atoms with Gasteiger partial charge in [0, 0.05) is 13.1 Å². The molecular formula is C18H38N2. The molecule has 0 spiro atoms. The zero-order valence-corrected chi connectivity index (χ0v) is 14.3. The predicted molar refractivity (Wildman–Crippen MR) is 90.0 cm³/mol. The fourth-order valence-corrected chi connectivity index (χ4v) is 3.54. The highest BCUT2D eigenvalue weighted by Gasteiger charge is 2.29. The third kappa shape index (κ3) is 6.58. The Morgan fingerprint density at radius 1 is 1.05 bits per heavy atom. The molecule has 0 aromatic carbocycles. The van der Waals surface area contributed by atoms with E-state index in [0.717, 1.165) is 19.6 Å². The second-order valence-corrected chi connectivity index (χ2v) is 7.84. The van der Waals surface area contributed by atoms with Gasteiger partial charge in [0.15, 0.2) is 0 Å². The van der Waals surface area contributed by atoms with Crippen LogP contribution in [0.2, 0.25) is 0 Å². The van der Waals surface area contributed by atoms with Crippen LogP contribution in [0, 0.1) is 10.8 Å². The van der Waals surface area contributed by atoms with Crippen LogP contribution in [0.25, 0.3) is 0 Å². The van der Waals surface area contributed by atoms with Gasteiger partial charge in [0.2, 0.25) is 0 Å². The molecule has 0 atom stereocenters. The van der Waals surface area contributed by atoms with Crippen LogP contribution in [-0.2, 0) is 0 Å². The van der Waals surface area contributed by atoms with Gasteiger partial charge in [-0.2, -0.15) is 0 Å². The van der Waals surface area contributed by atoms with E-state index in [0.29, 0.717) is 10.8 Å². The standard InChI is InChI=1S/C18H38N2/c1-4-5-8-11-17(2,3)15-20-16-18(14-19)12-9-6-7-10-13-18/h20H,4-16,19H2,1-3H3. The summed E-state index contributed by atoms with van der Waals surface area (Å²) in [5.41, 5.74) is 6.93. The molecule has 0 bridgehead atoms. The maximum Gasteiger partial charge on any atom is 0.00201 e. The first-order valence-electron chi connectivity index (χ1n) is 8.94. The molecule has 0 amide bonds. The lowest BCUT2D eigenvalue weighted by Crippen LogP contribution is -2.42. The second kappa shape index (κ2) is 9.04. The molecule has 1 aliphatic carbocycles. The summed E-state index contributed by atoms with van der Waals surface area (Å²) in [4.78, 5) is 0. The normalized spacial score (nSPS) is 19.8. The molecule has 3 N–H and O–H groups in total. The van der Waals surface area contributed by atoms with Gasteiger partial charge in [-0.3, -0.25) is 0 Å². The van der Waals surface area contributed by atoms with E-state index in [1.807, 2.05) is 0 Å². The van der Waals surface area contributed by atoms with Crippen LogP contribution >= 0.6 is 0 Å². The van der Waals surface area contributed by atoms with Crippen LogP contribution < -0.4 is 11.1 Å². The summed E-state index contributed by atoms with van der Waals surface area (Å²) in [6, 6.07) is 0. The van der Waals surface area contributed by atoms with Gasteiger partial charge < -0.3 is 11.1 Å². The van der Waals surface area contributed by atoms with Gasteiger partial charge >= 0.3 is 0 Å². The molecule has 0 saturated heterocycles. The third-order valence-electron chi connectivity index (χ3n) is 5.16. The van der Waals surface area contributed by atoms with Crippen molar-refractivity contribution in [1.82, 2.24) is 5.32 Å². The lowest BCUT2D eigenvalue weighted by atomic mass is 9.79. The van der Waals surface area contributed by atoms with Gasteiger partial charge in [-0.25, -0.2) is 0 Å². The Kier molecular flexibility index (Phi) is 8.13. The number of hydrogen-bond donors (Lipinski definition) is 2. The summed E-state index contributed by atoms with van der Waals surface area (Å²) < 4.78 is 0. The Bertz CT molecular complexity index is 240. The van der Waals surface area contributed by atoms with E-state index in [-0.39, 0.29) is 0 Å². The monoisotopic (exact) mass is 282 g/mol. The van der Waals surface area contributed by atoms with Crippen molar-refractivity contribution in [3.8, 4) is 0 Å². The summed E-state index contributed by atoms with van der Waals surface area (Å²) in [5.74, 6) is 0. The van der Waals surface area contributed by atoms with Crippen LogP contribution in [0.1, 0.15) is 85.0 Å². The van der Waals surface area contributed by atoms with E-state index in [9.17, 15) is 0 Å². The summed E-state index contributed by atoms with van der Waals surface area (Å²) >= 11 is 0. The quantitative estimate of drug-likeness (QED) is 0.483. The Hall–Kier alpha value is -0.0800. The van der Waals surface area contributed by atoms with E-state index in [1.54, 1.807) is 0 Å². The Labute approximate surface area is 127 Å². The zero-order chi connectivity index (χ0) is 14.9. The van der Waals surface area contributed by atoms with Crippen molar-refractivity contribution in [3.63, 3.8) is 0 Å². The third-order valence-corrected chi connectivity index (χ3v) is 5.16. The van der Waals surface area contributed by atoms with Crippen LogP contribution in [0.5, 0.6) is 0 Å². The number of rotatable bonds is 9. The van der Waals surface area contributed by atoms with Crippen molar-refractivity contribution >= 4 is 0 Å². The highest BCUT2D eigenvalue weighted by Crippen LogP contribution is 2.34. The second-order valence-electron chi connectivity index (χ2n) is 7.84. The molecule has 0 heterocycles. The minimum Gasteiger partial charge on any atom is -0.330 e. The fourth-order valence-electron chi connectivity index (χ4n) is 3.54. The molecule has 0 aliphatic heterocycles. The fraction of sp³-hybridized carbons (Fsp3) is 1.00. The number of unbranched alkanes of at least 4 members (excludes halogenated alkanes) is 2. The molecule has 20 heavy (non-hydrogen) atoms. The van der Waals surface area contributed by atoms with Gasteiger partial charge in [0.1, 0.15) is 0 Å². The van der Waals surface area contributed by atoms with Crippen molar-refractivity contribution in [2.45, 2.75) is 85.0 Å². The van der Waals surface area contributed by atoms with Gasteiger partial charge in [-0.05, 0) is 36.6 Å². The Morgan fingerprint density at radius 2 is 1.70 bits per heavy atom. The summed E-state index contributed by atoms with van der Waals surface area (Å²) in [6.45, 7) is 10.2. The molecule has 0 radical (unpaired) electrons. The molecule has 0 aromatic rings. The molecule has 1 aliphatic rings. The van der Waals surface area contributed by atoms with Gasteiger partial charge in [0.05, 0.1) is 0 Å². The number of hydrogen-bond acceptors (Lipinski definition) is 2. The summed E-state index contributed by atoms with van der Waals surface area (Å²) in [5, 5.41) is 3.76. The average Bonchev–Trinajstić information content (AvgIpc) is 2.65. The Morgan fingerprint density at radius 3 is 2.25 bits per heavy atom. The van der Waals surface area contributed by atoms with Crippen molar-refractivity contribution in [2.75, 3.05) is 19.6 Å². The molecule has 2 nitrogen and oxygen atoms in total. The highest BCUT2D eigenvalue weighted by molar-refractivity contribution is 4.85. The van der Waals surface area contributed by atoms with Crippen molar-refractivity contribution in [2.24, 2.45) is 16.6 Å². The predicted octanol–water partition coefficient (Wildman–Crippen LogP) is 4.48. The lowest BCUT2D eigenvalue weighted by molar-refractivity contribution is 0.218. The molecule has 120 valence electrons. The first kappa shape index (κ1) is 18.0. The van der Waals surface area contributed by atoms with Gasteiger partial charge in [-0.15, -0.1) is 0 Å². The first-order valence-corrected chi connectivity index (χ1v) is 8.94. The van der Waals surface area contributed by atoms with Crippen molar-refractivity contribution < 1.29 is 0 Å². The van der Waals surface area contributed by atoms with Crippen molar-refractivity contribution in [1.29, 1.82) is 0 Å². The topological polar surface area (TPSA) is 38.0 Å². The van der Waals surface area contributed by atoms with Crippen molar-refractivity contribution in [3.05, 3.63) is 0 Å². The summed E-state index contributed by atoms with van der Waals surface area (Å²) in [7, 11) is 0. The minimum atomic E-state index is 0.385. The largest absolute Gasteiger partial charge is 0.330 e. The maximum atomic E-state index is 6.12. The average molecular weight is 283 g/mol. The van der Waals surface area contributed by atoms with Crippen LogP contribution in [-0.4, -0.2) is 19.6 Å². The number of nitrogens with one attached hydrogen (secondary N) is 1.